The lowest BCUT2D eigenvalue weighted by Crippen LogP contribution is -2.27. The molecule has 1 aromatic rings. The molecule has 1 saturated heterocycles. The summed E-state index contributed by atoms with van der Waals surface area (Å²) in [7, 11) is 1.96. The van der Waals surface area contributed by atoms with Gasteiger partial charge in [0.25, 0.3) is 0 Å². The molecule has 0 radical (unpaired) electrons. The van der Waals surface area contributed by atoms with E-state index in [0.717, 1.165) is 30.8 Å². The first kappa shape index (κ1) is 12.4. The maximum atomic E-state index is 12.4. The van der Waals surface area contributed by atoms with Crippen LogP contribution in [-0.4, -0.2) is 31.1 Å². The Morgan fingerprint density at radius 1 is 1.18 bits per heavy atom. The van der Waals surface area contributed by atoms with Crippen molar-refractivity contribution in [3.63, 3.8) is 0 Å². The molecule has 2 N–H and O–H groups in total. The predicted molar refractivity (Wildman–Crippen MR) is 59.7 cm³/mol. The van der Waals surface area contributed by atoms with Crippen LogP contribution in [0.5, 0.6) is 0 Å². The number of hydrogen-bond donors (Lipinski definition) is 1. The van der Waals surface area contributed by atoms with Crippen molar-refractivity contribution >= 4 is 0 Å². The average Bonchev–Trinajstić information content (AvgIpc) is 2.57. The molecule has 94 valence electrons. The molecule has 0 spiro atoms. The Morgan fingerprint density at radius 3 is 2.18 bits per heavy atom. The smallest absolute Gasteiger partial charge is 0.326 e. The minimum absolute atomic E-state index is 0.00302. The third-order valence-corrected chi connectivity index (χ3v) is 3.21. The molecular weight excluding hydrogens is 229 g/mol. The van der Waals surface area contributed by atoms with Gasteiger partial charge in [0.2, 0.25) is 0 Å². The normalized spacial score (nSPS) is 26.4. The Morgan fingerprint density at radius 2 is 1.76 bits per heavy atom. The highest BCUT2D eigenvalue weighted by atomic mass is 19.4. The number of likely N-dealkylation sites (N-methyl/N-ethyl adjacent to an activating group) is 1. The quantitative estimate of drug-likeness (QED) is 0.819. The standard InChI is InChI=1S/C12H15F3N2/c1-17-6-10(11(16)7-17)8-2-4-9(5-3-8)12(13,14)15/h2-5,10-11H,6-7,16H2,1H3. The summed E-state index contributed by atoms with van der Waals surface area (Å²) in [5.74, 6) is 0.127. The highest BCUT2D eigenvalue weighted by Gasteiger charge is 2.32. The Kier molecular flexibility index (Phi) is 3.14. The van der Waals surface area contributed by atoms with E-state index in [-0.39, 0.29) is 12.0 Å². The van der Waals surface area contributed by atoms with Gasteiger partial charge >= 0.3 is 6.18 Å². The molecule has 0 bridgehead atoms. The molecule has 0 aromatic heterocycles. The maximum Gasteiger partial charge on any atom is 0.416 e. The van der Waals surface area contributed by atoms with Crippen molar-refractivity contribution in [3.05, 3.63) is 35.4 Å². The lowest BCUT2D eigenvalue weighted by Gasteiger charge is -2.15. The van der Waals surface area contributed by atoms with Gasteiger partial charge < -0.3 is 10.6 Å². The van der Waals surface area contributed by atoms with Crippen molar-refractivity contribution in [1.29, 1.82) is 0 Å². The topological polar surface area (TPSA) is 29.3 Å². The van der Waals surface area contributed by atoms with Crippen molar-refractivity contribution in [3.8, 4) is 0 Å². The number of nitrogens with two attached hydrogens (primary N) is 1. The molecule has 1 aromatic carbocycles. The van der Waals surface area contributed by atoms with E-state index in [1.165, 1.54) is 12.1 Å². The number of nitrogens with zero attached hydrogens (tertiary/aromatic N) is 1. The molecule has 1 fully saturated rings. The van der Waals surface area contributed by atoms with Gasteiger partial charge in [-0.25, -0.2) is 0 Å². The fraction of sp³-hybridized carbons (Fsp3) is 0.500. The molecule has 1 aliphatic rings. The Labute approximate surface area is 98.2 Å². The van der Waals surface area contributed by atoms with E-state index < -0.39 is 11.7 Å². The molecule has 2 atom stereocenters. The van der Waals surface area contributed by atoms with Crippen molar-refractivity contribution in [2.75, 3.05) is 20.1 Å². The fourth-order valence-electron chi connectivity index (χ4n) is 2.30. The molecule has 17 heavy (non-hydrogen) atoms. The summed E-state index contributed by atoms with van der Waals surface area (Å²) in [5.41, 5.74) is 6.24. The first-order valence-corrected chi connectivity index (χ1v) is 5.49. The van der Waals surface area contributed by atoms with E-state index in [1.54, 1.807) is 0 Å². The number of hydrogen-bond acceptors (Lipinski definition) is 2. The second-order valence-electron chi connectivity index (χ2n) is 4.61. The van der Waals surface area contributed by atoms with E-state index in [9.17, 15) is 13.2 Å². The number of rotatable bonds is 1. The SMILES string of the molecule is CN1CC(N)C(c2ccc(C(F)(F)F)cc2)C1. The van der Waals surface area contributed by atoms with Crippen molar-refractivity contribution in [2.45, 2.75) is 18.1 Å². The van der Waals surface area contributed by atoms with Crippen LogP contribution in [-0.2, 0) is 6.18 Å². The molecule has 2 nitrogen and oxygen atoms in total. The summed E-state index contributed by atoms with van der Waals surface area (Å²) < 4.78 is 37.2. The van der Waals surface area contributed by atoms with E-state index in [4.69, 9.17) is 5.73 Å². The van der Waals surface area contributed by atoms with Gasteiger partial charge in [-0.2, -0.15) is 13.2 Å². The van der Waals surface area contributed by atoms with Crippen molar-refractivity contribution in [1.82, 2.24) is 4.90 Å². The minimum atomic E-state index is -4.27. The van der Waals surface area contributed by atoms with Crippen LogP contribution in [0.25, 0.3) is 0 Å². The molecule has 0 aliphatic carbocycles. The summed E-state index contributed by atoms with van der Waals surface area (Å²) in [5, 5.41) is 0. The van der Waals surface area contributed by atoms with Crippen LogP contribution in [0.2, 0.25) is 0 Å². The Balaban J connectivity index is 2.19. The Bertz CT molecular complexity index is 386. The van der Waals surface area contributed by atoms with Crippen molar-refractivity contribution in [2.24, 2.45) is 5.73 Å². The zero-order valence-corrected chi connectivity index (χ0v) is 9.54. The second kappa shape index (κ2) is 4.31. The van der Waals surface area contributed by atoms with Gasteiger partial charge in [0, 0.05) is 25.0 Å². The van der Waals surface area contributed by atoms with Crippen molar-refractivity contribution < 1.29 is 13.2 Å². The monoisotopic (exact) mass is 244 g/mol. The van der Waals surface area contributed by atoms with Gasteiger partial charge in [-0.1, -0.05) is 12.1 Å². The summed E-state index contributed by atoms with van der Waals surface area (Å²) in [6, 6.07) is 5.32. The molecule has 1 aliphatic heterocycles. The molecule has 2 rings (SSSR count). The van der Waals surface area contributed by atoms with Crippen LogP contribution in [0.4, 0.5) is 13.2 Å². The molecule has 5 heteroatoms. The average molecular weight is 244 g/mol. The van der Waals surface area contributed by atoms with E-state index in [0.29, 0.717) is 0 Å². The maximum absolute atomic E-state index is 12.4. The molecule has 0 saturated carbocycles. The van der Waals surface area contributed by atoms with E-state index in [1.807, 2.05) is 7.05 Å². The van der Waals surface area contributed by atoms with Gasteiger partial charge in [-0.3, -0.25) is 0 Å². The van der Waals surface area contributed by atoms with Crippen LogP contribution in [0.1, 0.15) is 17.0 Å². The molecule has 0 amide bonds. The van der Waals surface area contributed by atoms with Gasteiger partial charge in [-0.05, 0) is 24.7 Å². The lowest BCUT2D eigenvalue weighted by atomic mass is 9.94. The van der Waals surface area contributed by atoms with E-state index in [2.05, 4.69) is 4.90 Å². The first-order chi connectivity index (χ1) is 7.88. The molecular formula is C12H15F3N2. The van der Waals surface area contributed by atoms with Gasteiger partial charge in [0.1, 0.15) is 0 Å². The zero-order chi connectivity index (χ0) is 12.6. The largest absolute Gasteiger partial charge is 0.416 e. The summed E-state index contributed by atoms with van der Waals surface area (Å²) in [6.45, 7) is 1.58. The van der Waals surface area contributed by atoms with Crippen LogP contribution in [0.3, 0.4) is 0 Å². The van der Waals surface area contributed by atoms with Gasteiger partial charge in [-0.15, -0.1) is 0 Å². The number of halogens is 3. The van der Waals surface area contributed by atoms with Crippen LogP contribution in [0.15, 0.2) is 24.3 Å². The summed E-state index contributed by atoms with van der Waals surface area (Å²) in [6.07, 6.45) is -4.27. The lowest BCUT2D eigenvalue weighted by molar-refractivity contribution is -0.137. The Hall–Kier alpha value is -1.07. The zero-order valence-electron chi connectivity index (χ0n) is 9.54. The number of benzene rings is 1. The van der Waals surface area contributed by atoms with Gasteiger partial charge in [0.15, 0.2) is 0 Å². The highest BCUT2D eigenvalue weighted by Crippen LogP contribution is 2.31. The molecule has 1 heterocycles. The summed E-state index contributed by atoms with van der Waals surface area (Å²) >= 11 is 0. The third-order valence-electron chi connectivity index (χ3n) is 3.21. The summed E-state index contributed by atoms with van der Waals surface area (Å²) in [4.78, 5) is 2.09. The van der Waals surface area contributed by atoms with E-state index >= 15 is 0 Å². The highest BCUT2D eigenvalue weighted by molar-refractivity contribution is 5.29. The molecule has 2 unspecified atom stereocenters. The van der Waals surface area contributed by atoms with Crippen LogP contribution in [0, 0.1) is 0 Å². The van der Waals surface area contributed by atoms with Crippen LogP contribution >= 0.6 is 0 Å². The number of likely N-dealkylation sites (tertiary alicyclic amines) is 1. The number of alkyl halides is 3. The second-order valence-corrected chi connectivity index (χ2v) is 4.61. The predicted octanol–water partition coefficient (Wildman–Crippen LogP) is 2.06. The first-order valence-electron chi connectivity index (χ1n) is 5.49. The fourth-order valence-corrected chi connectivity index (χ4v) is 2.30. The minimum Gasteiger partial charge on any atom is -0.326 e. The third kappa shape index (κ3) is 2.61. The van der Waals surface area contributed by atoms with Gasteiger partial charge in [0.05, 0.1) is 5.56 Å². The van der Waals surface area contributed by atoms with Crippen LogP contribution < -0.4 is 5.73 Å².